The lowest BCUT2D eigenvalue weighted by molar-refractivity contribution is 0.0744. The van der Waals surface area contributed by atoms with Gasteiger partial charge in [-0.15, -0.1) is 0 Å². The standard InChI is InChI=1S/C10H13NO3/c1-13-8-2-3-9-7(4-8)5-11-10(6-12)14-9/h2-4,10-12H,5-6H2,1H3. The summed E-state index contributed by atoms with van der Waals surface area (Å²) in [5, 5.41) is 12.0. The molecule has 2 rings (SSSR count). The molecule has 0 aromatic heterocycles. The van der Waals surface area contributed by atoms with Crippen LogP contribution in [0.1, 0.15) is 5.56 Å². The fraction of sp³-hybridized carbons (Fsp3) is 0.400. The van der Waals surface area contributed by atoms with Crippen molar-refractivity contribution in [3.05, 3.63) is 23.8 Å². The summed E-state index contributed by atoms with van der Waals surface area (Å²) in [6.07, 6.45) is -0.295. The van der Waals surface area contributed by atoms with Crippen LogP contribution in [-0.2, 0) is 6.54 Å². The first kappa shape index (κ1) is 9.30. The van der Waals surface area contributed by atoms with E-state index in [0.717, 1.165) is 17.1 Å². The summed E-state index contributed by atoms with van der Waals surface area (Å²) < 4.78 is 10.6. The fourth-order valence-electron chi connectivity index (χ4n) is 1.46. The van der Waals surface area contributed by atoms with Crippen LogP contribution >= 0.6 is 0 Å². The minimum atomic E-state index is -0.295. The lowest BCUT2D eigenvalue weighted by atomic mass is 10.1. The topological polar surface area (TPSA) is 50.7 Å². The van der Waals surface area contributed by atoms with Crippen molar-refractivity contribution in [3.8, 4) is 11.5 Å². The summed E-state index contributed by atoms with van der Waals surface area (Å²) in [5.41, 5.74) is 1.05. The molecule has 1 heterocycles. The van der Waals surface area contributed by atoms with Crippen LogP contribution in [0, 0.1) is 0 Å². The highest BCUT2D eigenvalue weighted by Crippen LogP contribution is 2.27. The maximum Gasteiger partial charge on any atom is 0.173 e. The van der Waals surface area contributed by atoms with Crippen molar-refractivity contribution in [2.75, 3.05) is 13.7 Å². The zero-order valence-electron chi connectivity index (χ0n) is 7.99. The van der Waals surface area contributed by atoms with Gasteiger partial charge in [-0.05, 0) is 18.2 Å². The van der Waals surface area contributed by atoms with Crippen molar-refractivity contribution >= 4 is 0 Å². The molecule has 0 aliphatic carbocycles. The molecule has 2 N–H and O–H groups in total. The van der Waals surface area contributed by atoms with Gasteiger partial charge in [-0.3, -0.25) is 5.32 Å². The minimum Gasteiger partial charge on any atom is -0.497 e. The Hall–Kier alpha value is -1.26. The molecule has 14 heavy (non-hydrogen) atoms. The minimum absolute atomic E-state index is 0.0224. The number of aliphatic hydroxyl groups excluding tert-OH is 1. The second kappa shape index (κ2) is 3.86. The van der Waals surface area contributed by atoms with Crippen molar-refractivity contribution in [3.63, 3.8) is 0 Å². The van der Waals surface area contributed by atoms with Crippen LogP contribution in [0.2, 0.25) is 0 Å². The van der Waals surface area contributed by atoms with Crippen molar-refractivity contribution in [2.45, 2.75) is 12.8 Å². The van der Waals surface area contributed by atoms with E-state index >= 15 is 0 Å². The van der Waals surface area contributed by atoms with Crippen LogP contribution in [0.5, 0.6) is 11.5 Å². The Morgan fingerprint density at radius 3 is 3.21 bits per heavy atom. The first-order valence-electron chi connectivity index (χ1n) is 4.51. The smallest absolute Gasteiger partial charge is 0.173 e. The van der Waals surface area contributed by atoms with Gasteiger partial charge in [0.1, 0.15) is 11.5 Å². The highest BCUT2D eigenvalue weighted by atomic mass is 16.5. The van der Waals surface area contributed by atoms with Crippen LogP contribution < -0.4 is 14.8 Å². The largest absolute Gasteiger partial charge is 0.497 e. The van der Waals surface area contributed by atoms with Gasteiger partial charge in [-0.1, -0.05) is 0 Å². The van der Waals surface area contributed by atoms with Crippen LogP contribution in [0.25, 0.3) is 0 Å². The number of ether oxygens (including phenoxy) is 2. The third-order valence-corrected chi connectivity index (χ3v) is 2.22. The van der Waals surface area contributed by atoms with Crippen LogP contribution in [0.4, 0.5) is 0 Å². The van der Waals surface area contributed by atoms with Gasteiger partial charge in [-0.2, -0.15) is 0 Å². The van der Waals surface area contributed by atoms with Crippen LogP contribution in [-0.4, -0.2) is 25.1 Å². The number of methoxy groups -OCH3 is 1. The van der Waals surface area contributed by atoms with Gasteiger partial charge in [0.05, 0.1) is 13.7 Å². The molecule has 0 radical (unpaired) electrons. The fourth-order valence-corrected chi connectivity index (χ4v) is 1.46. The molecule has 1 unspecified atom stereocenters. The third-order valence-electron chi connectivity index (χ3n) is 2.22. The molecule has 0 amide bonds. The maximum atomic E-state index is 8.91. The summed E-state index contributed by atoms with van der Waals surface area (Å²) in [7, 11) is 1.63. The molecular formula is C10H13NO3. The van der Waals surface area contributed by atoms with E-state index in [9.17, 15) is 0 Å². The van der Waals surface area contributed by atoms with Crippen molar-refractivity contribution < 1.29 is 14.6 Å². The average molecular weight is 195 g/mol. The number of fused-ring (bicyclic) bond motifs is 1. The number of hydrogen-bond donors (Lipinski definition) is 2. The SMILES string of the molecule is COc1ccc2c(c1)CNC(CO)O2. The van der Waals surface area contributed by atoms with E-state index in [0.29, 0.717) is 6.54 Å². The Labute approximate surface area is 82.5 Å². The zero-order valence-corrected chi connectivity index (χ0v) is 7.99. The zero-order chi connectivity index (χ0) is 9.97. The molecule has 0 spiro atoms. The third kappa shape index (κ3) is 1.66. The van der Waals surface area contributed by atoms with Gasteiger partial charge in [0.15, 0.2) is 6.23 Å². The summed E-state index contributed by atoms with van der Waals surface area (Å²) in [6.45, 7) is 0.670. The molecule has 0 bridgehead atoms. The normalized spacial score (nSPS) is 19.7. The van der Waals surface area contributed by atoms with Crippen molar-refractivity contribution in [1.82, 2.24) is 5.32 Å². The molecular weight excluding hydrogens is 182 g/mol. The maximum absolute atomic E-state index is 8.91. The quantitative estimate of drug-likeness (QED) is 0.721. The van der Waals surface area contributed by atoms with E-state index in [4.69, 9.17) is 14.6 Å². The second-order valence-electron chi connectivity index (χ2n) is 3.14. The van der Waals surface area contributed by atoms with E-state index in [2.05, 4.69) is 5.32 Å². The highest BCUT2D eigenvalue weighted by molar-refractivity contribution is 5.41. The summed E-state index contributed by atoms with van der Waals surface area (Å²) >= 11 is 0. The average Bonchev–Trinajstić information content (AvgIpc) is 2.27. The molecule has 1 aromatic carbocycles. The molecule has 1 aliphatic heterocycles. The number of rotatable bonds is 2. The van der Waals surface area contributed by atoms with E-state index < -0.39 is 0 Å². The molecule has 1 aliphatic rings. The molecule has 76 valence electrons. The van der Waals surface area contributed by atoms with Crippen LogP contribution in [0.3, 0.4) is 0 Å². The van der Waals surface area contributed by atoms with Gasteiger partial charge in [0.2, 0.25) is 0 Å². The molecule has 4 heteroatoms. The molecule has 1 atom stereocenters. The molecule has 4 nitrogen and oxygen atoms in total. The monoisotopic (exact) mass is 195 g/mol. The number of aliphatic hydroxyl groups is 1. The second-order valence-corrected chi connectivity index (χ2v) is 3.14. The summed E-state index contributed by atoms with van der Waals surface area (Å²) in [5.74, 6) is 1.63. The molecule has 0 fully saturated rings. The molecule has 1 aromatic rings. The van der Waals surface area contributed by atoms with Crippen molar-refractivity contribution in [1.29, 1.82) is 0 Å². The molecule has 0 saturated heterocycles. The van der Waals surface area contributed by atoms with E-state index in [1.54, 1.807) is 7.11 Å². The van der Waals surface area contributed by atoms with Gasteiger partial charge in [-0.25, -0.2) is 0 Å². The Bertz CT molecular complexity index is 327. The van der Waals surface area contributed by atoms with Gasteiger partial charge in [0.25, 0.3) is 0 Å². The first-order chi connectivity index (χ1) is 6.83. The number of hydrogen-bond acceptors (Lipinski definition) is 4. The molecule has 0 saturated carbocycles. The predicted octanol–water partition coefficient (Wildman–Crippen LogP) is 0.496. The summed E-state index contributed by atoms with van der Waals surface area (Å²) in [6, 6.07) is 5.63. The highest BCUT2D eigenvalue weighted by Gasteiger charge is 2.17. The van der Waals surface area contributed by atoms with Crippen molar-refractivity contribution in [2.24, 2.45) is 0 Å². The van der Waals surface area contributed by atoms with E-state index in [1.165, 1.54) is 0 Å². The van der Waals surface area contributed by atoms with Gasteiger partial charge in [0, 0.05) is 12.1 Å². The first-order valence-corrected chi connectivity index (χ1v) is 4.51. The number of nitrogens with one attached hydrogen (secondary N) is 1. The Morgan fingerprint density at radius 1 is 1.64 bits per heavy atom. The van der Waals surface area contributed by atoms with Gasteiger partial charge < -0.3 is 14.6 Å². The van der Waals surface area contributed by atoms with Gasteiger partial charge >= 0.3 is 0 Å². The predicted molar refractivity (Wildman–Crippen MR) is 51.3 cm³/mol. The Kier molecular flexibility index (Phi) is 2.56. The summed E-state index contributed by atoms with van der Waals surface area (Å²) in [4.78, 5) is 0. The van der Waals surface area contributed by atoms with E-state index in [1.807, 2.05) is 18.2 Å². The Balaban J connectivity index is 2.23. The Morgan fingerprint density at radius 2 is 2.50 bits per heavy atom. The lowest BCUT2D eigenvalue weighted by Gasteiger charge is -2.26. The van der Waals surface area contributed by atoms with Crippen LogP contribution in [0.15, 0.2) is 18.2 Å². The van der Waals surface area contributed by atoms with E-state index in [-0.39, 0.29) is 12.8 Å². The lowest BCUT2D eigenvalue weighted by Crippen LogP contribution is -2.40. The number of benzene rings is 1.